The molecule has 1 heterocycles. The highest BCUT2D eigenvalue weighted by molar-refractivity contribution is 5.77. The van der Waals surface area contributed by atoms with E-state index in [1.165, 1.54) is 0 Å². The molecule has 2 unspecified atom stereocenters. The van der Waals surface area contributed by atoms with Crippen LogP contribution in [0.25, 0.3) is 0 Å². The van der Waals surface area contributed by atoms with Gasteiger partial charge in [0.15, 0.2) is 0 Å². The molecule has 0 saturated carbocycles. The van der Waals surface area contributed by atoms with Gasteiger partial charge in [-0.05, 0) is 49.7 Å². The second-order valence-electron chi connectivity index (χ2n) is 7.28. The SMILES string of the molecule is CC(C)CCC(C)(O)CNC(=O)CC1CCOc2ccccc21. The Hall–Kier alpha value is -1.55. The molecule has 2 atom stereocenters. The highest BCUT2D eigenvalue weighted by Gasteiger charge is 2.25. The van der Waals surface area contributed by atoms with Gasteiger partial charge in [-0.25, -0.2) is 0 Å². The van der Waals surface area contributed by atoms with Crippen LogP contribution >= 0.6 is 0 Å². The predicted molar refractivity (Wildman–Crippen MR) is 91.6 cm³/mol. The van der Waals surface area contributed by atoms with Crippen molar-refractivity contribution in [3.05, 3.63) is 29.8 Å². The Morgan fingerprint density at radius 3 is 2.91 bits per heavy atom. The Morgan fingerprint density at radius 1 is 1.43 bits per heavy atom. The topological polar surface area (TPSA) is 58.6 Å². The van der Waals surface area contributed by atoms with Crippen molar-refractivity contribution in [2.45, 2.75) is 58.0 Å². The summed E-state index contributed by atoms with van der Waals surface area (Å²) >= 11 is 0. The first-order valence-corrected chi connectivity index (χ1v) is 8.58. The molecule has 0 radical (unpaired) electrons. The van der Waals surface area contributed by atoms with Gasteiger partial charge in [0.05, 0.1) is 12.2 Å². The smallest absolute Gasteiger partial charge is 0.220 e. The lowest BCUT2D eigenvalue weighted by Crippen LogP contribution is -2.41. The van der Waals surface area contributed by atoms with Gasteiger partial charge >= 0.3 is 0 Å². The number of carbonyl (C=O) groups is 1. The van der Waals surface area contributed by atoms with Gasteiger partial charge in [0, 0.05) is 13.0 Å². The first-order valence-electron chi connectivity index (χ1n) is 8.58. The minimum absolute atomic E-state index is 0.00322. The number of hydrogen-bond donors (Lipinski definition) is 2. The van der Waals surface area contributed by atoms with Crippen LogP contribution in [0.2, 0.25) is 0 Å². The van der Waals surface area contributed by atoms with E-state index in [1.807, 2.05) is 24.3 Å². The minimum Gasteiger partial charge on any atom is -0.493 e. The summed E-state index contributed by atoms with van der Waals surface area (Å²) in [7, 11) is 0. The molecule has 4 nitrogen and oxygen atoms in total. The van der Waals surface area contributed by atoms with Crippen LogP contribution in [0, 0.1) is 5.92 Å². The number of nitrogens with one attached hydrogen (secondary N) is 1. The number of hydrogen-bond acceptors (Lipinski definition) is 3. The zero-order chi connectivity index (χ0) is 16.9. The predicted octanol–water partition coefficient (Wildman–Crippen LogP) is 3.25. The molecule has 2 N–H and O–H groups in total. The molecule has 23 heavy (non-hydrogen) atoms. The molecule has 0 aliphatic carbocycles. The van der Waals surface area contributed by atoms with E-state index in [4.69, 9.17) is 4.74 Å². The lowest BCUT2D eigenvalue weighted by atomic mass is 9.90. The van der Waals surface area contributed by atoms with Gasteiger partial charge in [0.25, 0.3) is 0 Å². The summed E-state index contributed by atoms with van der Waals surface area (Å²) in [6, 6.07) is 7.92. The first-order chi connectivity index (χ1) is 10.9. The molecule has 4 heteroatoms. The summed E-state index contributed by atoms with van der Waals surface area (Å²) in [5, 5.41) is 13.2. The monoisotopic (exact) mass is 319 g/mol. The van der Waals surface area contributed by atoms with Crippen LogP contribution in [0.15, 0.2) is 24.3 Å². The molecule has 128 valence electrons. The van der Waals surface area contributed by atoms with Crippen LogP contribution in [0.3, 0.4) is 0 Å². The van der Waals surface area contributed by atoms with Crippen molar-refractivity contribution < 1.29 is 14.6 Å². The highest BCUT2D eigenvalue weighted by atomic mass is 16.5. The van der Waals surface area contributed by atoms with E-state index < -0.39 is 5.60 Å². The molecule has 0 saturated heterocycles. The molecule has 1 amide bonds. The number of ether oxygens (including phenoxy) is 1. The summed E-state index contributed by atoms with van der Waals surface area (Å²) in [5.74, 6) is 1.63. The molecule has 0 aromatic heterocycles. The van der Waals surface area contributed by atoms with E-state index in [1.54, 1.807) is 6.92 Å². The zero-order valence-corrected chi connectivity index (χ0v) is 14.5. The Kier molecular flexibility index (Phi) is 6.05. The third-order valence-corrected chi connectivity index (χ3v) is 4.44. The van der Waals surface area contributed by atoms with Crippen molar-refractivity contribution in [2.75, 3.05) is 13.2 Å². The number of amides is 1. The fourth-order valence-corrected chi connectivity index (χ4v) is 2.90. The van der Waals surface area contributed by atoms with E-state index in [2.05, 4.69) is 19.2 Å². The maximum atomic E-state index is 12.2. The summed E-state index contributed by atoms with van der Waals surface area (Å²) in [6.07, 6.45) is 2.95. The lowest BCUT2D eigenvalue weighted by Gasteiger charge is -2.27. The van der Waals surface area contributed by atoms with E-state index in [0.717, 1.165) is 24.2 Å². The number of aliphatic hydroxyl groups is 1. The molecule has 0 bridgehead atoms. The quantitative estimate of drug-likeness (QED) is 0.811. The molecule has 2 rings (SSSR count). The minimum atomic E-state index is -0.840. The van der Waals surface area contributed by atoms with Gasteiger partial charge in [-0.1, -0.05) is 32.0 Å². The second-order valence-corrected chi connectivity index (χ2v) is 7.28. The van der Waals surface area contributed by atoms with Gasteiger partial charge in [-0.15, -0.1) is 0 Å². The summed E-state index contributed by atoms with van der Waals surface area (Å²) in [6.45, 7) is 7.03. The number of benzene rings is 1. The van der Waals surface area contributed by atoms with Crippen molar-refractivity contribution in [3.63, 3.8) is 0 Å². The third kappa shape index (κ3) is 5.54. The highest BCUT2D eigenvalue weighted by Crippen LogP contribution is 2.35. The van der Waals surface area contributed by atoms with Gasteiger partial charge in [0.2, 0.25) is 5.91 Å². The van der Waals surface area contributed by atoms with Crippen molar-refractivity contribution in [1.29, 1.82) is 0 Å². The average molecular weight is 319 g/mol. The van der Waals surface area contributed by atoms with Gasteiger partial charge < -0.3 is 15.2 Å². The Bertz CT molecular complexity index is 525. The normalized spacial score (nSPS) is 19.6. The van der Waals surface area contributed by atoms with Crippen LogP contribution < -0.4 is 10.1 Å². The number of para-hydroxylation sites is 1. The molecule has 1 aromatic rings. The summed E-state index contributed by atoms with van der Waals surface area (Å²) < 4.78 is 5.63. The molecule has 0 fully saturated rings. The van der Waals surface area contributed by atoms with Crippen LogP contribution in [0.5, 0.6) is 5.75 Å². The third-order valence-electron chi connectivity index (χ3n) is 4.44. The van der Waals surface area contributed by atoms with Crippen LogP contribution in [0.1, 0.15) is 57.9 Å². The van der Waals surface area contributed by atoms with Gasteiger partial charge in [0.1, 0.15) is 5.75 Å². The lowest BCUT2D eigenvalue weighted by molar-refractivity contribution is -0.122. The van der Waals surface area contributed by atoms with E-state index in [9.17, 15) is 9.90 Å². The molecule has 1 aliphatic heterocycles. The van der Waals surface area contributed by atoms with Crippen LogP contribution in [-0.2, 0) is 4.79 Å². The van der Waals surface area contributed by atoms with E-state index >= 15 is 0 Å². The maximum Gasteiger partial charge on any atom is 0.220 e. The van der Waals surface area contributed by atoms with Crippen LogP contribution in [-0.4, -0.2) is 29.8 Å². The van der Waals surface area contributed by atoms with Gasteiger partial charge in [-0.3, -0.25) is 4.79 Å². The molecular weight excluding hydrogens is 290 g/mol. The van der Waals surface area contributed by atoms with Crippen LogP contribution in [0.4, 0.5) is 0 Å². The average Bonchev–Trinajstić information content (AvgIpc) is 2.52. The Balaban J connectivity index is 1.84. The number of carbonyl (C=O) groups excluding carboxylic acids is 1. The fraction of sp³-hybridized carbons (Fsp3) is 0.632. The Morgan fingerprint density at radius 2 is 2.17 bits per heavy atom. The number of fused-ring (bicyclic) bond motifs is 1. The molecule has 1 aromatic carbocycles. The molecule has 0 spiro atoms. The van der Waals surface area contributed by atoms with E-state index in [-0.39, 0.29) is 11.8 Å². The molecule has 1 aliphatic rings. The van der Waals surface area contributed by atoms with Crippen molar-refractivity contribution in [2.24, 2.45) is 5.92 Å². The zero-order valence-electron chi connectivity index (χ0n) is 14.5. The van der Waals surface area contributed by atoms with Gasteiger partial charge in [-0.2, -0.15) is 0 Å². The summed E-state index contributed by atoms with van der Waals surface area (Å²) in [5.41, 5.74) is 0.272. The first kappa shape index (κ1) is 17.8. The fourth-order valence-electron chi connectivity index (χ4n) is 2.90. The molecular formula is C19H29NO3. The van der Waals surface area contributed by atoms with Crippen molar-refractivity contribution in [1.82, 2.24) is 5.32 Å². The Labute approximate surface area is 139 Å². The largest absolute Gasteiger partial charge is 0.493 e. The van der Waals surface area contributed by atoms with E-state index in [0.29, 0.717) is 31.9 Å². The van der Waals surface area contributed by atoms with Crippen molar-refractivity contribution in [3.8, 4) is 5.75 Å². The standard InChI is InChI=1S/C19H29NO3/c1-14(2)8-10-19(3,22)13-20-18(21)12-15-9-11-23-17-7-5-4-6-16(15)17/h4-7,14-15,22H,8-13H2,1-3H3,(H,20,21). The summed E-state index contributed by atoms with van der Waals surface area (Å²) in [4.78, 5) is 12.2. The maximum absolute atomic E-state index is 12.2. The number of rotatable bonds is 7. The second kappa shape index (κ2) is 7.82. The van der Waals surface area contributed by atoms with Crippen molar-refractivity contribution >= 4 is 5.91 Å².